The lowest BCUT2D eigenvalue weighted by molar-refractivity contribution is 0.0695. The number of carboxylic acids is 1. The zero-order valence-electron chi connectivity index (χ0n) is 10.7. The summed E-state index contributed by atoms with van der Waals surface area (Å²) in [5.41, 5.74) is 0.146. The molecule has 4 nitrogen and oxygen atoms in total. The summed E-state index contributed by atoms with van der Waals surface area (Å²) in [5, 5.41) is 11.9. The second kappa shape index (κ2) is 6.09. The smallest absolute Gasteiger partial charge is 0.336 e. The number of hydrogen-bond acceptors (Lipinski definition) is 3. The Labute approximate surface area is 123 Å². The molecule has 0 bridgehead atoms. The molecule has 2 rings (SSSR count). The van der Waals surface area contributed by atoms with Crippen LogP contribution in [0.4, 0.5) is 10.1 Å². The van der Waals surface area contributed by atoms with Crippen molar-refractivity contribution >= 4 is 27.6 Å². The average molecular weight is 342 g/mol. The van der Waals surface area contributed by atoms with Gasteiger partial charge in [-0.2, -0.15) is 0 Å². The van der Waals surface area contributed by atoms with E-state index >= 15 is 0 Å². The van der Waals surface area contributed by atoms with Crippen molar-refractivity contribution < 1.29 is 18.7 Å². The number of carboxylic acid groups (broad SMARTS) is 1. The molecule has 106 valence electrons. The van der Waals surface area contributed by atoms with Gasteiger partial charge in [-0.1, -0.05) is 0 Å². The highest BCUT2D eigenvalue weighted by atomic mass is 79.9. The second-order valence-corrected chi connectivity index (χ2v) is 5.22. The molecule has 6 heteroatoms. The average Bonchev–Trinajstić information content (AvgIpc) is 2.87. The molecule has 0 aliphatic rings. The first kappa shape index (κ1) is 14.6. The van der Waals surface area contributed by atoms with Crippen LogP contribution in [0.2, 0.25) is 0 Å². The van der Waals surface area contributed by atoms with E-state index in [9.17, 15) is 9.18 Å². The van der Waals surface area contributed by atoms with Gasteiger partial charge in [0, 0.05) is 12.5 Å². The van der Waals surface area contributed by atoms with E-state index in [0.29, 0.717) is 6.42 Å². The topological polar surface area (TPSA) is 62.5 Å². The Bertz CT molecular complexity index is 613. The summed E-state index contributed by atoms with van der Waals surface area (Å²) in [6, 6.07) is 6.36. The summed E-state index contributed by atoms with van der Waals surface area (Å²) in [5.74, 6) is -0.992. The molecule has 2 N–H and O–H groups in total. The predicted octanol–water partition coefficient (Wildman–Crippen LogP) is 3.92. The molecule has 0 saturated heterocycles. The highest BCUT2D eigenvalue weighted by molar-refractivity contribution is 9.10. The van der Waals surface area contributed by atoms with E-state index in [2.05, 4.69) is 21.2 Å². The third-order valence-electron chi connectivity index (χ3n) is 2.80. The Morgan fingerprint density at radius 2 is 2.25 bits per heavy atom. The van der Waals surface area contributed by atoms with Crippen LogP contribution in [0.1, 0.15) is 23.0 Å². The fraction of sp³-hybridized carbons (Fsp3) is 0.214. The number of benzene rings is 1. The Hall–Kier alpha value is -1.82. The van der Waals surface area contributed by atoms with Crippen molar-refractivity contribution in [2.75, 3.05) is 5.32 Å². The monoisotopic (exact) mass is 341 g/mol. The number of nitrogens with one attached hydrogen (secondary N) is 1. The quantitative estimate of drug-likeness (QED) is 0.865. The number of hydrogen-bond donors (Lipinski definition) is 2. The van der Waals surface area contributed by atoms with Gasteiger partial charge in [-0.3, -0.25) is 0 Å². The van der Waals surface area contributed by atoms with Crippen LogP contribution in [0.15, 0.2) is 39.4 Å². The summed E-state index contributed by atoms with van der Waals surface area (Å²) < 4.78 is 19.2. The maximum absolute atomic E-state index is 14.1. The van der Waals surface area contributed by atoms with Crippen LogP contribution in [-0.4, -0.2) is 17.1 Å². The van der Waals surface area contributed by atoms with Gasteiger partial charge in [0.05, 0.1) is 22.0 Å². The first-order valence-electron chi connectivity index (χ1n) is 5.99. The van der Waals surface area contributed by atoms with Gasteiger partial charge in [-0.05, 0) is 47.1 Å². The highest BCUT2D eigenvalue weighted by Gasteiger charge is 2.17. The lowest BCUT2D eigenvalue weighted by Gasteiger charge is -2.15. The van der Waals surface area contributed by atoms with Gasteiger partial charge in [-0.25, -0.2) is 9.18 Å². The van der Waals surface area contributed by atoms with E-state index in [1.165, 1.54) is 12.1 Å². The summed E-state index contributed by atoms with van der Waals surface area (Å²) in [6.07, 6.45) is 2.19. The van der Waals surface area contributed by atoms with Crippen molar-refractivity contribution in [2.45, 2.75) is 19.4 Å². The van der Waals surface area contributed by atoms with Gasteiger partial charge in [0.1, 0.15) is 5.76 Å². The minimum atomic E-state index is -1.18. The first-order valence-corrected chi connectivity index (χ1v) is 6.78. The molecule has 0 aliphatic heterocycles. The third kappa shape index (κ3) is 3.19. The predicted molar refractivity (Wildman–Crippen MR) is 76.6 cm³/mol. The van der Waals surface area contributed by atoms with Crippen LogP contribution in [0.5, 0.6) is 0 Å². The first-order chi connectivity index (χ1) is 9.49. The van der Waals surface area contributed by atoms with E-state index in [1.807, 2.05) is 13.0 Å². The lowest BCUT2D eigenvalue weighted by atomic mass is 10.1. The molecule has 1 unspecified atom stereocenters. The number of halogens is 2. The largest absolute Gasteiger partial charge is 0.478 e. The summed E-state index contributed by atoms with van der Waals surface area (Å²) in [7, 11) is 0. The molecule has 1 aromatic carbocycles. The van der Waals surface area contributed by atoms with Crippen LogP contribution in [0, 0.1) is 5.82 Å². The molecular formula is C14H13BrFNO3. The maximum Gasteiger partial charge on any atom is 0.336 e. The van der Waals surface area contributed by atoms with Gasteiger partial charge in [-0.15, -0.1) is 0 Å². The van der Waals surface area contributed by atoms with Crippen molar-refractivity contribution in [3.8, 4) is 0 Å². The summed E-state index contributed by atoms with van der Waals surface area (Å²) in [4.78, 5) is 10.9. The fourth-order valence-electron chi connectivity index (χ4n) is 1.87. The molecule has 0 aliphatic carbocycles. The van der Waals surface area contributed by atoms with Gasteiger partial charge in [0.25, 0.3) is 0 Å². The fourth-order valence-corrected chi connectivity index (χ4v) is 2.39. The number of anilines is 1. The molecule has 1 atom stereocenters. The molecule has 0 fully saturated rings. The molecule has 0 spiro atoms. The SMILES string of the molecule is CC(Cc1ccco1)Nc1ccc(C(=O)O)c(Br)c1F. The van der Waals surface area contributed by atoms with Crippen molar-refractivity contribution in [1.82, 2.24) is 0 Å². The Balaban J connectivity index is 2.13. The number of rotatable bonds is 5. The van der Waals surface area contributed by atoms with Crippen molar-refractivity contribution in [1.29, 1.82) is 0 Å². The maximum atomic E-state index is 14.1. The van der Waals surface area contributed by atoms with Crippen LogP contribution in [0.25, 0.3) is 0 Å². The minimum absolute atomic E-state index is 0.0554. The minimum Gasteiger partial charge on any atom is -0.478 e. The van der Waals surface area contributed by atoms with Crippen LogP contribution >= 0.6 is 15.9 Å². The summed E-state index contributed by atoms with van der Waals surface area (Å²) in [6.45, 7) is 1.89. The summed E-state index contributed by atoms with van der Waals surface area (Å²) >= 11 is 2.97. The molecule has 1 aromatic heterocycles. The van der Waals surface area contributed by atoms with Gasteiger partial charge < -0.3 is 14.8 Å². The molecule has 0 radical (unpaired) electrons. The molecule has 2 aromatic rings. The van der Waals surface area contributed by atoms with E-state index < -0.39 is 11.8 Å². The van der Waals surface area contributed by atoms with Gasteiger partial charge in [0.15, 0.2) is 5.82 Å². The van der Waals surface area contributed by atoms with E-state index in [4.69, 9.17) is 9.52 Å². The van der Waals surface area contributed by atoms with E-state index in [-0.39, 0.29) is 21.8 Å². The normalized spacial score (nSPS) is 12.2. The van der Waals surface area contributed by atoms with Gasteiger partial charge >= 0.3 is 5.97 Å². The zero-order chi connectivity index (χ0) is 14.7. The molecular weight excluding hydrogens is 329 g/mol. The molecule has 0 amide bonds. The Morgan fingerprint density at radius 3 is 2.85 bits per heavy atom. The second-order valence-electron chi connectivity index (χ2n) is 4.42. The molecule has 20 heavy (non-hydrogen) atoms. The Kier molecular flexibility index (Phi) is 4.44. The van der Waals surface area contributed by atoms with E-state index in [0.717, 1.165) is 5.76 Å². The zero-order valence-corrected chi connectivity index (χ0v) is 12.3. The van der Waals surface area contributed by atoms with Crippen molar-refractivity contribution in [2.24, 2.45) is 0 Å². The van der Waals surface area contributed by atoms with Crippen LogP contribution in [-0.2, 0) is 6.42 Å². The third-order valence-corrected chi connectivity index (χ3v) is 3.58. The van der Waals surface area contributed by atoms with Gasteiger partial charge in [0.2, 0.25) is 0 Å². The standard InChI is InChI=1S/C14H13BrFNO3/c1-8(7-9-3-2-6-20-9)17-11-5-4-10(14(18)19)12(15)13(11)16/h2-6,8,17H,7H2,1H3,(H,18,19). The van der Waals surface area contributed by atoms with Crippen molar-refractivity contribution in [3.63, 3.8) is 0 Å². The lowest BCUT2D eigenvalue weighted by Crippen LogP contribution is -2.19. The van der Waals surface area contributed by atoms with Crippen LogP contribution in [0.3, 0.4) is 0 Å². The highest BCUT2D eigenvalue weighted by Crippen LogP contribution is 2.27. The molecule has 0 saturated carbocycles. The number of carbonyl (C=O) groups is 1. The molecule has 1 heterocycles. The van der Waals surface area contributed by atoms with Crippen LogP contribution < -0.4 is 5.32 Å². The Morgan fingerprint density at radius 1 is 1.50 bits per heavy atom. The number of furan rings is 1. The van der Waals surface area contributed by atoms with E-state index in [1.54, 1.807) is 12.3 Å². The van der Waals surface area contributed by atoms with Crippen molar-refractivity contribution in [3.05, 3.63) is 52.1 Å². The number of aromatic carboxylic acids is 1.